The summed E-state index contributed by atoms with van der Waals surface area (Å²) in [6.45, 7) is 5.98. The van der Waals surface area contributed by atoms with Gasteiger partial charge in [-0.15, -0.1) is 5.10 Å². The number of likely N-dealkylation sites (tertiary alicyclic amines) is 1. The quantitative estimate of drug-likeness (QED) is 0.855. The van der Waals surface area contributed by atoms with Crippen molar-refractivity contribution in [2.45, 2.75) is 20.3 Å². The largest absolute Gasteiger partial charge is 0.385 e. The fraction of sp³-hybridized carbons (Fsp3) is 0.533. The molecule has 6 nitrogen and oxygen atoms in total. The molecule has 0 bridgehead atoms. The molecule has 2 aromatic rings. The predicted octanol–water partition coefficient (Wildman–Crippen LogP) is 1.36. The van der Waals surface area contributed by atoms with Crippen LogP contribution in [0, 0.1) is 11.8 Å². The van der Waals surface area contributed by atoms with Crippen LogP contribution in [0.5, 0.6) is 0 Å². The SMILES string of the molecule is C[C@@H]1C[C@@H](C)CN(C(=O)COn2nnc3ccccc32)C1. The van der Waals surface area contributed by atoms with Crippen LogP contribution in [0.2, 0.25) is 0 Å². The maximum Gasteiger partial charge on any atom is 0.263 e. The predicted molar refractivity (Wildman–Crippen MR) is 78.5 cm³/mol. The summed E-state index contributed by atoms with van der Waals surface area (Å²) in [5.74, 6) is 1.10. The fourth-order valence-corrected chi connectivity index (χ4v) is 3.02. The monoisotopic (exact) mass is 288 g/mol. The minimum Gasteiger partial charge on any atom is -0.385 e. The molecule has 1 aromatic heterocycles. The number of carbonyl (C=O) groups excluding carboxylic acids is 1. The average Bonchev–Trinajstić information content (AvgIpc) is 2.87. The number of aromatic nitrogens is 3. The Morgan fingerprint density at radius 3 is 2.76 bits per heavy atom. The van der Waals surface area contributed by atoms with Gasteiger partial charge in [-0.3, -0.25) is 4.79 Å². The van der Waals surface area contributed by atoms with Crippen LogP contribution >= 0.6 is 0 Å². The zero-order chi connectivity index (χ0) is 14.8. The van der Waals surface area contributed by atoms with Crippen molar-refractivity contribution in [2.75, 3.05) is 19.7 Å². The molecular formula is C15H20N4O2. The highest BCUT2D eigenvalue weighted by atomic mass is 16.7. The molecule has 0 saturated carbocycles. The lowest BCUT2D eigenvalue weighted by Crippen LogP contribution is -2.45. The zero-order valence-electron chi connectivity index (χ0n) is 12.4. The lowest BCUT2D eigenvalue weighted by Gasteiger charge is -2.34. The second-order valence-corrected chi connectivity index (χ2v) is 5.97. The molecule has 0 N–H and O–H groups in total. The van der Waals surface area contributed by atoms with Crippen LogP contribution in [0.25, 0.3) is 11.0 Å². The molecule has 1 aliphatic heterocycles. The van der Waals surface area contributed by atoms with E-state index in [1.165, 1.54) is 11.3 Å². The summed E-state index contributed by atoms with van der Waals surface area (Å²) in [7, 11) is 0. The number of carbonyl (C=O) groups is 1. The van der Waals surface area contributed by atoms with E-state index in [-0.39, 0.29) is 12.5 Å². The van der Waals surface area contributed by atoms with Gasteiger partial charge in [-0.25, -0.2) is 0 Å². The molecule has 0 radical (unpaired) electrons. The van der Waals surface area contributed by atoms with E-state index in [9.17, 15) is 4.79 Å². The van der Waals surface area contributed by atoms with Crippen molar-refractivity contribution in [3.63, 3.8) is 0 Å². The minimum absolute atomic E-state index is 0.00715. The van der Waals surface area contributed by atoms with E-state index < -0.39 is 0 Å². The summed E-state index contributed by atoms with van der Waals surface area (Å²) >= 11 is 0. The summed E-state index contributed by atoms with van der Waals surface area (Å²) in [5.41, 5.74) is 1.52. The molecule has 0 aliphatic carbocycles. The van der Waals surface area contributed by atoms with Gasteiger partial charge >= 0.3 is 0 Å². The molecule has 1 amide bonds. The first kappa shape index (κ1) is 13.9. The number of hydrogen-bond acceptors (Lipinski definition) is 4. The zero-order valence-corrected chi connectivity index (χ0v) is 12.4. The molecule has 0 unspecified atom stereocenters. The maximum atomic E-state index is 12.3. The van der Waals surface area contributed by atoms with Crippen LogP contribution in [0.15, 0.2) is 24.3 Å². The molecular weight excluding hydrogens is 268 g/mol. The smallest absolute Gasteiger partial charge is 0.263 e. The van der Waals surface area contributed by atoms with Gasteiger partial charge in [-0.1, -0.05) is 30.8 Å². The molecule has 6 heteroatoms. The van der Waals surface area contributed by atoms with Gasteiger partial charge in [0.05, 0.1) is 0 Å². The number of rotatable bonds is 3. The molecule has 112 valence electrons. The number of para-hydroxylation sites is 1. The van der Waals surface area contributed by atoms with E-state index in [0.29, 0.717) is 11.8 Å². The van der Waals surface area contributed by atoms with E-state index in [1.54, 1.807) is 0 Å². The highest BCUT2D eigenvalue weighted by Crippen LogP contribution is 2.20. The number of hydrogen-bond donors (Lipinski definition) is 0. The summed E-state index contributed by atoms with van der Waals surface area (Å²) < 4.78 is 0. The van der Waals surface area contributed by atoms with Crippen molar-refractivity contribution in [3.8, 4) is 0 Å². The number of amides is 1. The number of fused-ring (bicyclic) bond motifs is 1. The molecule has 1 saturated heterocycles. The van der Waals surface area contributed by atoms with Gasteiger partial charge in [-0.2, -0.15) is 0 Å². The van der Waals surface area contributed by atoms with Crippen molar-refractivity contribution < 1.29 is 9.63 Å². The Balaban J connectivity index is 1.63. The van der Waals surface area contributed by atoms with E-state index in [4.69, 9.17) is 4.84 Å². The van der Waals surface area contributed by atoms with E-state index in [0.717, 1.165) is 24.1 Å². The van der Waals surface area contributed by atoms with Crippen LogP contribution < -0.4 is 4.84 Å². The standard InChI is InChI=1S/C15H20N4O2/c1-11-7-12(2)9-18(8-11)15(20)10-21-19-14-6-4-3-5-13(14)16-17-19/h3-6,11-12H,7-10H2,1-2H3/t11-,12-/m1/s1. The van der Waals surface area contributed by atoms with Crippen LogP contribution in [0.3, 0.4) is 0 Å². The fourth-order valence-electron chi connectivity index (χ4n) is 3.02. The Bertz CT molecular complexity index is 629. The van der Waals surface area contributed by atoms with Crippen LogP contribution in [0.1, 0.15) is 20.3 Å². The maximum absolute atomic E-state index is 12.3. The van der Waals surface area contributed by atoms with Crippen molar-refractivity contribution in [1.29, 1.82) is 0 Å². The van der Waals surface area contributed by atoms with E-state index in [1.807, 2.05) is 29.2 Å². The second kappa shape index (κ2) is 5.71. The molecule has 2 heterocycles. The van der Waals surface area contributed by atoms with Gasteiger partial charge in [0.1, 0.15) is 11.0 Å². The van der Waals surface area contributed by atoms with Gasteiger partial charge in [0, 0.05) is 13.1 Å². The van der Waals surface area contributed by atoms with Crippen LogP contribution in [-0.4, -0.2) is 45.7 Å². The average molecular weight is 288 g/mol. The summed E-state index contributed by atoms with van der Waals surface area (Å²) in [4.78, 5) is 21.0. The van der Waals surface area contributed by atoms with Crippen molar-refractivity contribution in [2.24, 2.45) is 11.8 Å². The number of piperidine rings is 1. The third-order valence-corrected chi connectivity index (χ3v) is 3.85. The summed E-state index contributed by atoms with van der Waals surface area (Å²) in [6, 6.07) is 7.51. The molecule has 3 rings (SSSR count). The van der Waals surface area contributed by atoms with Crippen LogP contribution in [0.4, 0.5) is 0 Å². The summed E-state index contributed by atoms with van der Waals surface area (Å²) in [6.07, 6.45) is 1.18. The van der Waals surface area contributed by atoms with Gasteiger partial charge in [-0.05, 0) is 35.6 Å². The normalized spacial score (nSPS) is 22.5. The third kappa shape index (κ3) is 2.99. The van der Waals surface area contributed by atoms with Gasteiger partial charge < -0.3 is 9.74 Å². The molecule has 1 fully saturated rings. The van der Waals surface area contributed by atoms with Crippen molar-refractivity contribution in [1.82, 2.24) is 20.1 Å². The molecule has 1 aliphatic rings. The third-order valence-electron chi connectivity index (χ3n) is 3.85. The lowest BCUT2D eigenvalue weighted by atomic mass is 9.92. The lowest BCUT2D eigenvalue weighted by molar-refractivity contribution is -0.139. The highest BCUT2D eigenvalue weighted by Gasteiger charge is 2.25. The first-order valence-corrected chi connectivity index (χ1v) is 7.35. The molecule has 0 spiro atoms. The van der Waals surface area contributed by atoms with Crippen molar-refractivity contribution >= 4 is 16.9 Å². The Morgan fingerprint density at radius 1 is 1.29 bits per heavy atom. The Hall–Kier alpha value is -2.11. The first-order chi connectivity index (χ1) is 10.1. The van der Waals surface area contributed by atoms with Crippen LogP contribution in [-0.2, 0) is 4.79 Å². The molecule has 21 heavy (non-hydrogen) atoms. The van der Waals surface area contributed by atoms with E-state index in [2.05, 4.69) is 24.2 Å². The van der Waals surface area contributed by atoms with Gasteiger partial charge in [0.25, 0.3) is 5.91 Å². The first-order valence-electron chi connectivity index (χ1n) is 7.35. The van der Waals surface area contributed by atoms with Gasteiger partial charge in [0.15, 0.2) is 6.61 Å². The Labute approximate surface area is 123 Å². The second-order valence-electron chi connectivity index (χ2n) is 5.97. The number of benzene rings is 1. The summed E-state index contributed by atoms with van der Waals surface area (Å²) in [5, 5.41) is 7.91. The highest BCUT2D eigenvalue weighted by molar-refractivity contribution is 5.78. The molecule has 2 atom stereocenters. The minimum atomic E-state index is -0.00715. The molecule has 1 aromatic carbocycles. The number of nitrogens with zero attached hydrogens (tertiary/aromatic N) is 4. The Kier molecular flexibility index (Phi) is 3.77. The Morgan fingerprint density at radius 2 is 2.00 bits per heavy atom. The topological polar surface area (TPSA) is 60.2 Å². The van der Waals surface area contributed by atoms with Crippen molar-refractivity contribution in [3.05, 3.63) is 24.3 Å². The van der Waals surface area contributed by atoms with Gasteiger partial charge in [0.2, 0.25) is 0 Å². The van der Waals surface area contributed by atoms with E-state index >= 15 is 0 Å².